The number of quaternary nitrogens is 1. The number of hydrogen-bond acceptors (Lipinski definition) is 8. The number of unbranched alkanes of at least 4 members (excludes halogenated alkanes) is 21. The normalized spacial score (nSPS) is 14.0. The highest BCUT2D eigenvalue weighted by Crippen LogP contribution is 2.38. The molecule has 0 spiro atoms. The smallest absolute Gasteiger partial charge is 0.310 e. The first kappa shape index (κ1) is 61.5. The second-order valence-electron chi connectivity index (χ2n) is 18.2. The Morgan fingerprint density at radius 3 is 1.39 bits per heavy atom. The molecule has 10 heteroatoms. The lowest BCUT2D eigenvalue weighted by molar-refractivity contribution is -0.870. The van der Waals surface area contributed by atoms with Gasteiger partial charge in [0.25, 0.3) is 7.82 Å². The summed E-state index contributed by atoms with van der Waals surface area (Å²) in [5.74, 6) is -0.982. The Kier molecular flexibility index (Phi) is 43.8. The zero-order valence-corrected chi connectivity index (χ0v) is 42.6. The van der Waals surface area contributed by atoms with Crippen molar-refractivity contribution in [1.29, 1.82) is 0 Å². The van der Waals surface area contributed by atoms with Crippen LogP contribution in [0, 0.1) is 0 Å². The predicted molar refractivity (Wildman–Crippen MR) is 268 cm³/mol. The maximum Gasteiger partial charge on any atom is 0.310 e. The fourth-order valence-electron chi connectivity index (χ4n) is 6.78. The van der Waals surface area contributed by atoms with E-state index in [0.717, 1.165) is 44.9 Å². The van der Waals surface area contributed by atoms with E-state index in [1.165, 1.54) is 128 Å². The molecule has 0 radical (unpaired) electrons. The van der Waals surface area contributed by atoms with Gasteiger partial charge in [-0.2, -0.15) is 0 Å². The third-order valence-corrected chi connectivity index (χ3v) is 11.7. The van der Waals surface area contributed by atoms with Crippen LogP contribution in [0.4, 0.5) is 0 Å². The van der Waals surface area contributed by atoms with Crippen molar-refractivity contribution in [1.82, 2.24) is 0 Å². The Bertz CT molecular complexity index is 1310. The maximum atomic E-state index is 12.6. The Balaban J connectivity index is 4.25. The molecule has 0 heterocycles. The van der Waals surface area contributed by atoms with Gasteiger partial charge in [0.1, 0.15) is 19.8 Å². The van der Waals surface area contributed by atoms with Crippen LogP contribution in [0.5, 0.6) is 0 Å². The summed E-state index contributed by atoms with van der Waals surface area (Å²) in [7, 11) is 1.10. The van der Waals surface area contributed by atoms with Crippen LogP contribution in [0.15, 0.2) is 72.9 Å². The van der Waals surface area contributed by atoms with Gasteiger partial charge >= 0.3 is 11.9 Å². The second-order valence-corrected chi connectivity index (χ2v) is 19.6. The number of rotatable bonds is 46. The van der Waals surface area contributed by atoms with Crippen LogP contribution in [0.3, 0.4) is 0 Å². The Morgan fingerprint density at radius 1 is 0.516 bits per heavy atom. The fraction of sp³-hybridized carbons (Fsp3) is 0.741. The van der Waals surface area contributed by atoms with Crippen molar-refractivity contribution in [2.24, 2.45) is 0 Å². The van der Waals surface area contributed by atoms with Crippen molar-refractivity contribution in [2.45, 2.75) is 213 Å². The van der Waals surface area contributed by atoms with Crippen LogP contribution in [0.25, 0.3) is 0 Å². The zero-order chi connectivity index (χ0) is 47.1. The molecule has 0 N–H and O–H groups in total. The quantitative estimate of drug-likeness (QED) is 0.0195. The summed E-state index contributed by atoms with van der Waals surface area (Å²) in [6.07, 6.45) is 58.4. The Labute approximate surface area is 393 Å². The molecule has 64 heavy (non-hydrogen) atoms. The van der Waals surface area contributed by atoms with Gasteiger partial charge in [-0.05, 0) is 64.2 Å². The van der Waals surface area contributed by atoms with E-state index >= 15 is 0 Å². The van der Waals surface area contributed by atoms with E-state index in [1.807, 2.05) is 33.3 Å². The van der Waals surface area contributed by atoms with E-state index in [2.05, 4.69) is 68.5 Å². The number of carbonyl (C=O) groups excluding carboxylic acids is 2. The number of likely N-dealkylation sites (N-methyl/N-ethyl adjacent to an activating group) is 1. The molecular weight excluding hydrogens is 822 g/mol. The lowest BCUT2D eigenvalue weighted by Crippen LogP contribution is -2.37. The van der Waals surface area contributed by atoms with Crippen molar-refractivity contribution < 1.29 is 42.1 Å². The Morgan fingerprint density at radius 2 is 0.938 bits per heavy atom. The highest BCUT2D eigenvalue weighted by atomic mass is 31.2. The Hall–Kier alpha value is -2.55. The van der Waals surface area contributed by atoms with Crippen LogP contribution in [-0.4, -0.2) is 70.0 Å². The maximum absolute atomic E-state index is 12.6. The van der Waals surface area contributed by atoms with Gasteiger partial charge in [-0.25, -0.2) is 0 Å². The topological polar surface area (TPSA) is 111 Å². The molecule has 0 saturated carbocycles. The summed E-state index contributed by atoms with van der Waals surface area (Å²) >= 11 is 0. The molecule has 2 atom stereocenters. The number of phosphoric ester groups is 1. The SMILES string of the molecule is CC/C=C\C/C=C\C/C=C\C/C=C\C/C=C\CC(=O)OC(COC(=O)CCCCCCCCCCCCCCC/C=C\CCCCCCCCCC)COP(=O)([O-])OCC[N+](C)(C)C. The van der Waals surface area contributed by atoms with E-state index < -0.39 is 32.5 Å². The zero-order valence-electron chi connectivity index (χ0n) is 41.7. The number of hydrogen-bond donors (Lipinski definition) is 0. The largest absolute Gasteiger partial charge is 0.756 e. The number of carbonyl (C=O) groups is 2. The summed E-state index contributed by atoms with van der Waals surface area (Å²) in [6, 6.07) is 0. The van der Waals surface area contributed by atoms with E-state index in [-0.39, 0.29) is 26.1 Å². The standard InChI is InChI=1S/C54H96NO8P/c1-6-8-10-12-14-16-18-20-22-23-24-25-26-27-28-29-30-31-33-34-36-38-40-42-44-46-53(56)60-50-52(51-62-64(58,59)61-49-48-55(3,4)5)63-54(57)47-45-43-41-39-37-35-32-21-19-17-15-13-11-9-7-2/h9,11,15,17,21,23-24,32,37,39,43,45,52H,6-8,10,12-14,16,18-20,22,25-31,33-36,38,40-42,44,46-51H2,1-5H3/b11-9-,17-15-,24-23-,32-21-,39-37-,45-43-. The molecule has 370 valence electrons. The number of allylic oxidation sites excluding steroid dienone is 11. The molecule has 0 aliphatic carbocycles. The van der Waals surface area contributed by atoms with Gasteiger partial charge in [0, 0.05) is 6.42 Å². The van der Waals surface area contributed by atoms with Crippen molar-refractivity contribution in [3.05, 3.63) is 72.9 Å². The van der Waals surface area contributed by atoms with Crippen molar-refractivity contribution in [2.75, 3.05) is 47.5 Å². The van der Waals surface area contributed by atoms with Crippen LogP contribution in [0.2, 0.25) is 0 Å². The average Bonchev–Trinajstić information content (AvgIpc) is 3.25. The monoisotopic (exact) mass is 918 g/mol. The molecular formula is C54H96NO8P. The van der Waals surface area contributed by atoms with Gasteiger partial charge in [-0.3, -0.25) is 14.2 Å². The highest BCUT2D eigenvalue weighted by molar-refractivity contribution is 7.45. The van der Waals surface area contributed by atoms with Gasteiger partial charge < -0.3 is 27.9 Å². The minimum absolute atomic E-state index is 0.00919. The molecule has 0 aliphatic rings. The van der Waals surface area contributed by atoms with E-state index in [4.69, 9.17) is 18.5 Å². The molecule has 2 unspecified atom stereocenters. The minimum Gasteiger partial charge on any atom is -0.756 e. The first-order valence-electron chi connectivity index (χ1n) is 25.6. The van der Waals surface area contributed by atoms with Gasteiger partial charge in [0.2, 0.25) is 0 Å². The van der Waals surface area contributed by atoms with Crippen LogP contribution in [-0.2, 0) is 32.7 Å². The van der Waals surface area contributed by atoms with Crippen LogP contribution < -0.4 is 4.89 Å². The lowest BCUT2D eigenvalue weighted by atomic mass is 10.0. The lowest BCUT2D eigenvalue weighted by Gasteiger charge is -2.28. The van der Waals surface area contributed by atoms with E-state index in [1.54, 1.807) is 6.08 Å². The molecule has 9 nitrogen and oxygen atoms in total. The van der Waals surface area contributed by atoms with Crippen molar-refractivity contribution in [3.63, 3.8) is 0 Å². The molecule has 0 aromatic carbocycles. The van der Waals surface area contributed by atoms with Gasteiger partial charge in [-0.15, -0.1) is 0 Å². The molecule has 0 fully saturated rings. The van der Waals surface area contributed by atoms with Crippen LogP contribution in [0.1, 0.15) is 206 Å². The molecule has 0 saturated heterocycles. The number of nitrogens with zero attached hydrogens (tertiary/aromatic N) is 1. The second kappa shape index (κ2) is 45.6. The summed E-state index contributed by atoms with van der Waals surface area (Å²) in [5, 5.41) is 0. The average molecular weight is 918 g/mol. The van der Waals surface area contributed by atoms with Gasteiger partial charge in [-0.1, -0.05) is 202 Å². The third-order valence-electron chi connectivity index (χ3n) is 10.7. The molecule has 0 bridgehead atoms. The summed E-state index contributed by atoms with van der Waals surface area (Å²) in [4.78, 5) is 37.6. The molecule has 0 aromatic heterocycles. The summed E-state index contributed by atoms with van der Waals surface area (Å²) < 4.78 is 33.9. The van der Waals surface area contributed by atoms with E-state index in [9.17, 15) is 19.0 Å². The van der Waals surface area contributed by atoms with Gasteiger partial charge in [0.05, 0.1) is 34.2 Å². The molecule has 0 rings (SSSR count). The fourth-order valence-corrected chi connectivity index (χ4v) is 7.51. The van der Waals surface area contributed by atoms with Crippen LogP contribution >= 0.6 is 7.82 Å². The first-order valence-corrected chi connectivity index (χ1v) is 27.1. The minimum atomic E-state index is -4.66. The molecule has 0 aliphatic heterocycles. The van der Waals surface area contributed by atoms with Crippen molar-refractivity contribution >= 4 is 19.8 Å². The highest BCUT2D eigenvalue weighted by Gasteiger charge is 2.21. The van der Waals surface area contributed by atoms with Gasteiger partial charge in [0.15, 0.2) is 6.10 Å². The molecule has 0 amide bonds. The first-order chi connectivity index (χ1) is 31.0. The van der Waals surface area contributed by atoms with Crippen molar-refractivity contribution in [3.8, 4) is 0 Å². The predicted octanol–water partition coefficient (Wildman–Crippen LogP) is 14.7. The summed E-state index contributed by atoms with van der Waals surface area (Å²) in [5.41, 5.74) is 0. The van der Waals surface area contributed by atoms with E-state index in [0.29, 0.717) is 17.4 Å². The molecule has 0 aromatic rings. The summed E-state index contributed by atoms with van der Waals surface area (Å²) in [6.45, 7) is 4.01. The third kappa shape index (κ3) is 48.9. The number of ether oxygens (including phenoxy) is 2. The number of esters is 2. The number of phosphoric acid groups is 1.